The van der Waals surface area contributed by atoms with E-state index in [1.165, 1.54) is 0 Å². The summed E-state index contributed by atoms with van der Waals surface area (Å²) >= 11 is 0. The third-order valence-corrected chi connectivity index (χ3v) is 3.60. The van der Waals surface area contributed by atoms with Crippen LogP contribution in [0.4, 0.5) is 5.69 Å². The van der Waals surface area contributed by atoms with Crippen molar-refractivity contribution < 1.29 is 0 Å². The Labute approximate surface area is 115 Å². The maximum atomic E-state index is 11.8. The number of nitrogens with zero attached hydrogens (tertiary/aromatic N) is 1. The molecule has 0 amide bonds. The Morgan fingerprint density at radius 1 is 1.05 bits per heavy atom. The summed E-state index contributed by atoms with van der Waals surface area (Å²) in [4.78, 5) is 25.4. The first-order valence-corrected chi connectivity index (χ1v) is 6.68. The molecule has 0 radical (unpaired) electrons. The lowest BCUT2D eigenvalue weighted by Gasteiger charge is -2.34. The summed E-state index contributed by atoms with van der Waals surface area (Å²) in [6.45, 7) is 12.6. The van der Waals surface area contributed by atoms with Crippen LogP contribution in [0.3, 0.4) is 0 Å². The third-order valence-electron chi connectivity index (χ3n) is 3.60. The number of rotatable bonds is 3. The van der Waals surface area contributed by atoms with Crippen LogP contribution in [0.15, 0.2) is 9.59 Å². The van der Waals surface area contributed by atoms with Crippen molar-refractivity contribution in [1.82, 2.24) is 0 Å². The van der Waals surface area contributed by atoms with Crippen molar-refractivity contribution in [3.63, 3.8) is 0 Å². The highest BCUT2D eigenvalue weighted by molar-refractivity contribution is 5.61. The lowest BCUT2D eigenvalue weighted by atomic mass is 9.81. The molecule has 2 N–H and O–H groups in total. The van der Waals surface area contributed by atoms with Crippen LogP contribution in [0.5, 0.6) is 0 Å². The highest BCUT2D eigenvalue weighted by atomic mass is 16.2. The summed E-state index contributed by atoms with van der Waals surface area (Å²) < 4.78 is 0. The summed E-state index contributed by atoms with van der Waals surface area (Å²) in [6, 6.07) is -0.0604. The van der Waals surface area contributed by atoms with Gasteiger partial charge in [-0.2, -0.15) is 0 Å². The van der Waals surface area contributed by atoms with E-state index >= 15 is 0 Å². The summed E-state index contributed by atoms with van der Waals surface area (Å²) in [5.41, 5.74) is 6.24. The zero-order valence-electron chi connectivity index (χ0n) is 13.1. The van der Waals surface area contributed by atoms with Gasteiger partial charge in [0.15, 0.2) is 0 Å². The molecule has 0 aliphatic heterocycles. The van der Waals surface area contributed by atoms with Crippen LogP contribution in [0.2, 0.25) is 0 Å². The minimum absolute atomic E-state index is 0.0342. The van der Waals surface area contributed by atoms with Gasteiger partial charge in [0.05, 0.1) is 5.69 Å². The maximum Gasteiger partial charge on any atom is 0.249 e. The van der Waals surface area contributed by atoms with Gasteiger partial charge in [-0.1, -0.05) is 41.5 Å². The number of nitrogens with two attached hydrogens (primary N) is 1. The second-order valence-corrected chi connectivity index (χ2v) is 7.48. The van der Waals surface area contributed by atoms with E-state index in [9.17, 15) is 9.59 Å². The average Bonchev–Trinajstić information content (AvgIpc) is 2.20. The average molecular weight is 266 g/mol. The fourth-order valence-electron chi connectivity index (χ4n) is 2.10. The van der Waals surface area contributed by atoms with Crippen molar-refractivity contribution in [3.05, 3.63) is 26.0 Å². The van der Waals surface area contributed by atoms with Gasteiger partial charge in [0.25, 0.3) is 0 Å². The summed E-state index contributed by atoms with van der Waals surface area (Å²) in [6.07, 6.45) is 0. The molecule has 1 rings (SSSR count). The van der Waals surface area contributed by atoms with Crippen molar-refractivity contribution in [2.45, 2.75) is 53.0 Å². The Morgan fingerprint density at radius 3 is 1.89 bits per heavy atom. The van der Waals surface area contributed by atoms with Crippen LogP contribution in [-0.4, -0.2) is 19.6 Å². The largest absolute Gasteiger partial charge is 0.369 e. The molecular weight excluding hydrogens is 240 g/mol. The molecule has 19 heavy (non-hydrogen) atoms. The molecule has 0 spiro atoms. The zero-order chi connectivity index (χ0) is 15.2. The van der Waals surface area contributed by atoms with Gasteiger partial charge in [-0.3, -0.25) is 9.59 Å². The molecule has 0 aliphatic rings. The highest BCUT2D eigenvalue weighted by Crippen LogP contribution is 2.28. The first-order valence-electron chi connectivity index (χ1n) is 6.68. The first-order chi connectivity index (χ1) is 8.37. The molecule has 1 aromatic carbocycles. The molecule has 0 bridgehead atoms. The zero-order valence-corrected chi connectivity index (χ0v) is 13.1. The number of anilines is 1. The predicted octanol–water partition coefficient (Wildman–Crippen LogP) is 1.39. The molecule has 1 aromatic rings. The van der Waals surface area contributed by atoms with Gasteiger partial charge < -0.3 is 10.6 Å². The highest BCUT2D eigenvalue weighted by Gasteiger charge is 2.33. The fraction of sp³-hybridized carbons (Fsp3) is 0.733. The van der Waals surface area contributed by atoms with Crippen LogP contribution < -0.4 is 21.5 Å². The second-order valence-electron chi connectivity index (χ2n) is 7.48. The molecule has 0 aromatic heterocycles. The van der Waals surface area contributed by atoms with E-state index in [-0.39, 0.29) is 27.7 Å². The monoisotopic (exact) mass is 266 g/mol. The molecule has 0 aliphatic carbocycles. The van der Waals surface area contributed by atoms with E-state index in [0.29, 0.717) is 17.8 Å². The topological polar surface area (TPSA) is 63.4 Å². The number of likely N-dealkylation sites (N-methyl/N-ethyl adjacent to an activating group) is 1. The van der Waals surface area contributed by atoms with Crippen molar-refractivity contribution in [1.29, 1.82) is 0 Å². The van der Waals surface area contributed by atoms with Crippen molar-refractivity contribution >= 4 is 5.69 Å². The van der Waals surface area contributed by atoms with Gasteiger partial charge in [-0.05, 0) is 10.8 Å². The molecule has 108 valence electrons. The van der Waals surface area contributed by atoms with E-state index in [0.717, 1.165) is 0 Å². The van der Waals surface area contributed by atoms with Gasteiger partial charge in [-0.15, -0.1) is 0 Å². The normalized spacial score (nSPS) is 14.7. The quantitative estimate of drug-likeness (QED) is 0.840. The number of hydrogen-bond acceptors (Lipinski definition) is 4. The van der Waals surface area contributed by atoms with Crippen LogP contribution in [0.1, 0.15) is 47.1 Å². The van der Waals surface area contributed by atoms with Crippen molar-refractivity contribution in [2.24, 2.45) is 11.1 Å². The Kier molecular flexibility index (Phi) is 3.97. The minimum Gasteiger partial charge on any atom is -0.369 e. The Morgan fingerprint density at radius 2 is 1.53 bits per heavy atom. The first kappa shape index (κ1) is 15.9. The van der Waals surface area contributed by atoms with Crippen LogP contribution in [0, 0.1) is 5.41 Å². The van der Waals surface area contributed by atoms with E-state index < -0.39 is 0 Å². The van der Waals surface area contributed by atoms with E-state index in [1.807, 2.05) is 32.7 Å². The second kappa shape index (κ2) is 4.75. The van der Waals surface area contributed by atoms with Crippen LogP contribution in [-0.2, 0) is 5.41 Å². The van der Waals surface area contributed by atoms with Gasteiger partial charge in [0.1, 0.15) is 0 Å². The minimum atomic E-state index is -0.381. The summed E-state index contributed by atoms with van der Waals surface area (Å²) in [5.74, 6) is 0. The SMILES string of the molecule is CN(C[C@@H](N)C(C)(C)C)c1c(C(C)(C)C)c(=O)c1=O. The Bertz CT molecular complexity index is 525. The molecular formula is C15H26N2O2. The fourth-order valence-corrected chi connectivity index (χ4v) is 2.10. The summed E-state index contributed by atoms with van der Waals surface area (Å²) in [7, 11) is 1.83. The van der Waals surface area contributed by atoms with Gasteiger partial charge >= 0.3 is 0 Å². The maximum absolute atomic E-state index is 11.8. The Balaban J connectivity index is 3.04. The molecule has 0 saturated carbocycles. The van der Waals surface area contributed by atoms with E-state index in [1.54, 1.807) is 0 Å². The molecule has 0 saturated heterocycles. The molecule has 4 nitrogen and oxygen atoms in total. The lowest BCUT2D eigenvalue weighted by molar-refractivity contribution is 0.323. The van der Waals surface area contributed by atoms with Crippen LogP contribution >= 0.6 is 0 Å². The predicted molar refractivity (Wildman–Crippen MR) is 80.8 cm³/mol. The van der Waals surface area contributed by atoms with E-state index in [2.05, 4.69) is 20.8 Å². The Hall–Kier alpha value is -1.16. The smallest absolute Gasteiger partial charge is 0.249 e. The van der Waals surface area contributed by atoms with E-state index in [4.69, 9.17) is 5.73 Å². The van der Waals surface area contributed by atoms with Crippen molar-refractivity contribution in [2.75, 3.05) is 18.5 Å². The van der Waals surface area contributed by atoms with Gasteiger partial charge in [0, 0.05) is 25.2 Å². The third kappa shape index (κ3) is 3.06. The van der Waals surface area contributed by atoms with Gasteiger partial charge in [-0.25, -0.2) is 0 Å². The molecule has 0 unspecified atom stereocenters. The van der Waals surface area contributed by atoms with Crippen molar-refractivity contribution in [3.8, 4) is 0 Å². The molecule has 1 atom stereocenters. The van der Waals surface area contributed by atoms with Crippen LogP contribution in [0.25, 0.3) is 0 Å². The lowest BCUT2D eigenvalue weighted by Crippen LogP contribution is -2.51. The molecule has 0 fully saturated rings. The molecule has 4 heteroatoms. The standard InChI is InChI=1S/C15H26N2O2/c1-14(2,3)9(16)8-17(7)11-10(15(4,5)6)12(18)13(11)19/h9H,8,16H2,1-7H3/t9-/m1/s1. The molecule has 0 heterocycles. The number of hydrogen-bond donors (Lipinski definition) is 1. The van der Waals surface area contributed by atoms with Gasteiger partial charge in [0.2, 0.25) is 10.9 Å². The summed E-state index contributed by atoms with van der Waals surface area (Å²) in [5, 5.41) is 0.